The number of aromatic amines is 1. The average molecular weight is 372 g/mol. The fourth-order valence-corrected chi connectivity index (χ4v) is 3.15. The monoisotopic (exact) mass is 372 g/mol. The largest absolute Gasteiger partial charge is 0.378 e. The number of aryl methyl sites for hydroxylation is 1. The number of nitrogens with one attached hydrogen (secondary N) is 1. The van der Waals surface area contributed by atoms with E-state index in [1.165, 1.54) is 0 Å². The van der Waals surface area contributed by atoms with E-state index in [0.29, 0.717) is 11.4 Å². The van der Waals surface area contributed by atoms with Crippen molar-refractivity contribution in [2.24, 2.45) is 7.05 Å². The molecule has 0 bridgehead atoms. The smallest absolute Gasteiger partial charge is 0.260 e. The number of aliphatic hydroxyl groups is 1. The van der Waals surface area contributed by atoms with Crippen LogP contribution in [0.15, 0.2) is 65.7 Å². The highest BCUT2D eigenvalue weighted by atomic mass is 16.5. The normalized spacial score (nSPS) is 12.5. The fourth-order valence-electron chi connectivity index (χ4n) is 3.15. The van der Waals surface area contributed by atoms with Crippen molar-refractivity contribution in [3.05, 3.63) is 72.6 Å². The minimum absolute atomic E-state index is 0.145. The molecule has 4 aromatic heterocycles. The quantitative estimate of drug-likeness (QED) is 0.502. The number of benzene rings is 1. The average Bonchev–Trinajstić information content (AvgIpc) is 3.46. The number of aromatic nitrogens is 6. The molecular weight excluding hydrogens is 356 g/mol. The van der Waals surface area contributed by atoms with Crippen LogP contribution in [0.5, 0.6) is 0 Å². The molecule has 8 nitrogen and oxygen atoms in total. The predicted molar refractivity (Wildman–Crippen MR) is 102 cm³/mol. The molecule has 5 aromatic rings. The van der Waals surface area contributed by atoms with Gasteiger partial charge in [0.25, 0.3) is 5.89 Å². The summed E-state index contributed by atoms with van der Waals surface area (Å²) in [6, 6.07) is 11.2. The Balaban J connectivity index is 1.54. The maximum absolute atomic E-state index is 10.5. The predicted octanol–water partition coefficient (Wildman–Crippen LogP) is 3.10. The number of aliphatic hydroxyl groups excluding tert-OH is 1. The molecule has 4 heterocycles. The lowest BCUT2D eigenvalue weighted by Gasteiger charge is -2.04. The molecule has 0 aliphatic rings. The van der Waals surface area contributed by atoms with Gasteiger partial charge in [0.05, 0.1) is 6.20 Å². The number of H-pyrrole nitrogens is 1. The Hall–Kier alpha value is -3.78. The number of rotatable bonds is 4. The first-order valence-corrected chi connectivity index (χ1v) is 8.72. The van der Waals surface area contributed by atoms with Crippen molar-refractivity contribution >= 4 is 11.0 Å². The molecule has 0 fully saturated rings. The summed E-state index contributed by atoms with van der Waals surface area (Å²) in [5, 5.41) is 19.6. The van der Waals surface area contributed by atoms with Crippen LogP contribution in [-0.2, 0) is 7.05 Å². The van der Waals surface area contributed by atoms with Gasteiger partial charge in [-0.3, -0.25) is 4.68 Å². The van der Waals surface area contributed by atoms with Crippen LogP contribution < -0.4 is 0 Å². The van der Waals surface area contributed by atoms with E-state index in [2.05, 4.69) is 25.2 Å². The third-order valence-electron chi connectivity index (χ3n) is 4.60. The van der Waals surface area contributed by atoms with E-state index in [4.69, 9.17) is 4.52 Å². The van der Waals surface area contributed by atoms with Gasteiger partial charge < -0.3 is 14.6 Å². The van der Waals surface area contributed by atoms with E-state index in [1.54, 1.807) is 23.3 Å². The van der Waals surface area contributed by atoms with Gasteiger partial charge in [-0.25, -0.2) is 4.98 Å². The Morgan fingerprint density at radius 1 is 1.14 bits per heavy atom. The van der Waals surface area contributed by atoms with Crippen LogP contribution in [0.4, 0.5) is 0 Å². The molecule has 1 atom stereocenters. The van der Waals surface area contributed by atoms with Gasteiger partial charge in [-0.2, -0.15) is 10.1 Å². The van der Waals surface area contributed by atoms with Gasteiger partial charge in [-0.15, -0.1) is 0 Å². The minimum atomic E-state index is -0.975. The molecule has 138 valence electrons. The zero-order valence-corrected chi connectivity index (χ0v) is 14.9. The Kier molecular flexibility index (Phi) is 3.77. The lowest BCUT2D eigenvalue weighted by atomic mass is 10.1. The van der Waals surface area contributed by atoms with Crippen molar-refractivity contribution in [3.8, 4) is 22.5 Å². The molecule has 0 saturated carbocycles. The summed E-state index contributed by atoms with van der Waals surface area (Å²) in [4.78, 5) is 12.0. The molecule has 2 N–H and O–H groups in total. The van der Waals surface area contributed by atoms with Crippen LogP contribution in [0.1, 0.15) is 17.6 Å². The molecule has 28 heavy (non-hydrogen) atoms. The van der Waals surface area contributed by atoms with Crippen molar-refractivity contribution < 1.29 is 9.63 Å². The van der Waals surface area contributed by atoms with Gasteiger partial charge in [0.2, 0.25) is 5.82 Å². The first-order chi connectivity index (χ1) is 13.7. The third kappa shape index (κ3) is 2.76. The highest BCUT2D eigenvalue weighted by molar-refractivity contribution is 5.93. The van der Waals surface area contributed by atoms with Crippen LogP contribution in [0.25, 0.3) is 33.5 Å². The molecule has 1 unspecified atom stereocenters. The lowest BCUT2D eigenvalue weighted by molar-refractivity contribution is 0.170. The summed E-state index contributed by atoms with van der Waals surface area (Å²) in [7, 11) is 1.87. The van der Waals surface area contributed by atoms with Gasteiger partial charge >= 0.3 is 0 Å². The first kappa shape index (κ1) is 16.4. The maximum atomic E-state index is 10.5. The standard InChI is InChI=1S/C20H16N6O2/c1-26-11-14(9-23-26)13-7-15-16(10-22-18(15)21-8-13)19-24-20(28-25-19)17(27)12-5-3-2-4-6-12/h2-11,17,27H,1H3,(H,21,22). The summed E-state index contributed by atoms with van der Waals surface area (Å²) in [6.45, 7) is 0. The van der Waals surface area contributed by atoms with Gasteiger partial charge in [0, 0.05) is 47.7 Å². The molecule has 0 saturated heterocycles. The highest BCUT2D eigenvalue weighted by Gasteiger charge is 2.20. The summed E-state index contributed by atoms with van der Waals surface area (Å²) >= 11 is 0. The molecular formula is C20H16N6O2. The van der Waals surface area contributed by atoms with E-state index >= 15 is 0 Å². The zero-order chi connectivity index (χ0) is 19.1. The second-order valence-electron chi connectivity index (χ2n) is 6.49. The van der Waals surface area contributed by atoms with Crippen molar-refractivity contribution in [1.82, 2.24) is 29.9 Å². The van der Waals surface area contributed by atoms with Crippen LogP contribution in [0.3, 0.4) is 0 Å². The number of nitrogens with zero attached hydrogens (tertiary/aromatic N) is 5. The molecule has 0 aliphatic carbocycles. The van der Waals surface area contributed by atoms with Crippen molar-refractivity contribution in [1.29, 1.82) is 0 Å². The second kappa shape index (κ2) is 6.43. The number of fused-ring (bicyclic) bond motifs is 1. The van der Waals surface area contributed by atoms with Gasteiger partial charge in [-0.05, 0) is 11.6 Å². The summed E-state index contributed by atoms with van der Waals surface area (Å²) in [6.07, 6.45) is 6.32. The Labute approximate surface area is 159 Å². The van der Waals surface area contributed by atoms with Gasteiger partial charge in [0.1, 0.15) is 5.65 Å². The van der Waals surface area contributed by atoms with Crippen LogP contribution >= 0.6 is 0 Å². The van der Waals surface area contributed by atoms with Crippen molar-refractivity contribution in [3.63, 3.8) is 0 Å². The van der Waals surface area contributed by atoms with Crippen LogP contribution in [0.2, 0.25) is 0 Å². The van der Waals surface area contributed by atoms with Gasteiger partial charge in [0.15, 0.2) is 6.10 Å². The summed E-state index contributed by atoms with van der Waals surface area (Å²) in [5.74, 6) is 0.535. The Morgan fingerprint density at radius 2 is 2.00 bits per heavy atom. The van der Waals surface area contributed by atoms with Crippen LogP contribution in [0, 0.1) is 0 Å². The number of hydrogen-bond donors (Lipinski definition) is 2. The second-order valence-corrected chi connectivity index (χ2v) is 6.49. The number of pyridine rings is 1. The Morgan fingerprint density at radius 3 is 2.79 bits per heavy atom. The minimum Gasteiger partial charge on any atom is -0.378 e. The van der Waals surface area contributed by atoms with Gasteiger partial charge in [-0.1, -0.05) is 35.5 Å². The molecule has 1 aromatic carbocycles. The first-order valence-electron chi connectivity index (χ1n) is 8.72. The van der Waals surface area contributed by atoms with Crippen molar-refractivity contribution in [2.45, 2.75) is 6.10 Å². The fraction of sp³-hybridized carbons (Fsp3) is 0.100. The van der Waals surface area contributed by atoms with Crippen molar-refractivity contribution in [2.75, 3.05) is 0 Å². The Bertz CT molecular complexity index is 1250. The molecule has 0 aliphatic heterocycles. The van der Waals surface area contributed by atoms with E-state index in [1.807, 2.05) is 49.6 Å². The third-order valence-corrected chi connectivity index (χ3v) is 4.60. The summed E-state index contributed by atoms with van der Waals surface area (Å²) in [5.41, 5.74) is 4.07. The lowest BCUT2D eigenvalue weighted by Crippen LogP contribution is -1.99. The molecule has 0 radical (unpaired) electrons. The topological polar surface area (TPSA) is 106 Å². The number of hydrogen-bond acceptors (Lipinski definition) is 6. The van der Waals surface area contributed by atoms with E-state index in [0.717, 1.165) is 27.7 Å². The molecule has 8 heteroatoms. The van der Waals surface area contributed by atoms with Crippen LogP contribution in [-0.4, -0.2) is 35.0 Å². The molecule has 0 spiro atoms. The zero-order valence-electron chi connectivity index (χ0n) is 14.9. The van der Waals surface area contributed by atoms with E-state index in [9.17, 15) is 5.11 Å². The van der Waals surface area contributed by atoms with E-state index < -0.39 is 6.10 Å². The molecule has 5 rings (SSSR count). The molecule has 0 amide bonds. The van der Waals surface area contributed by atoms with E-state index in [-0.39, 0.29) is 5.89 Å². The highest BCUT2D eigenvalue weighted by Crippen LogP contribution is 2.30. The SMILES string of the molecule is Cn1cc(-c2cnc3[nH]cc(-c4noc(C(O)c5ccccc5)n4)c3c2)cn1. The maximum Gasteiger partial charge on any atom is 0.260 e. The summed E-state index contributed by atoms with van der Waals surface area (Å²) < 4.78 is 7.06.